The summed E-state index contributed by atoms with van der Waals surface area (Å²) in [6, 6.07) is 0. The van der Waals surface area contributed by atoms with E-state index in [2.05, 4.69) is 10.3 Å². The second kappa shape index (κ2) is 8.71. The Balaban J connectivity index is 1.56. The fourth-order valence-corrected chi connectivity index (χ4v) is 4.84. The van der Waals surface area contributed by atoms with Crippen LogP contribution in [0.4, 0.5) is 0 Å². The van der Waals surface area contributed by atoms with Gasteiger partial charge < -0.3 is 15.0 Å². The molecule has 0 amide bonds. The molecule has 0 aromatic carbocycles. The number of fused-ring (bicyclic) bond motifs is 1. The molecule has 1 aromatic heterocycles. The number of hydrogen-bond acceptors (Lipinski definition) is 6. The fraction of sp³-hybridized carbons (Fsp3) is 0.650. The number of thioether (sulfide) groups is 1. The highest BCUT2D eigenvalue weighted by Gasteiger charge is 2.20. The highest BCUT2D eigenvalue weighted by molar-refractivity contribution is 7.99. The molecule has 1 atom stereocenters. The summed E-state index contributed by atoms with van der Waals surface area (Å²) in [6.07, 6.45) is 9.73. The Morgan fingerprint density at radius 3 is 2.81 bits per heavy atom. The number of aromatic nitrogens is 2. The van der Waals surface area contributed by atoms with E-state index in [-0.39, 0.29) is 11.7 Å². The third kappa shape index (κ3) is 4.52. The molecule has 1 unspecified atom stereocenters. The minimum absolute atomic E-state index is 0.0859. The fourth-order valence-electron chi connectivity index (χ4n) is 3.74. The van der Waals surface area contributed by atoms with E-state index >= 15 is 0 Å². The van der Waals surface area contributed by atoms with Gasteiger partial charge in [0.05, 0.1) is 22.0 Å². The van der Waals surface area contributed by atoms with Crippen LogP contribution in [-0.4, -0.2) is 53.8 Å². The maximum atomic E-state index is 12.6. The van der Waals surface area contributed by atoms with Crippen LogP contribution in [0, 0.1) is 5.92 Å². The summed E-state index contributed by atoms with van der Waals surface area (Å²) in [7, 11) is 1.66. The number of H-pyrrole nitrogens is 1. The minimum atomic E-state index is -0.268. The number of piperidine rings is 1. The lowest BCUT2D eigenvalue weighted by molar-refractivity contribution is 0.202. The van der Waals surface area contributed by atoms with E-state index < -0.39 is 0 Å². The molecule has 1 aromatic rings. The first-order valence-corrected chi connectivity index (χ1v) is 11.0. The van der Waals surface area contributed by atoms with Crippen molar-refractivity contribution in [2.24, 2.45) is 10.9 Å². The van der Waals surface area contributed by atoms with Crippen molar-refractivity contribution < 1.29 is 4.74 Å². The Kier molecular flexibility index (Phi) is 6.10. The second-order valence-corrected chi connectivity index (χ2v) is 8.89. The molecule has 27 heavy (non-hydrogen) atoms. The predicted molar refractivity (Wildman–Crippen MR) is 111 cm³/mol. The Morgan fingerprint density at radius 2 is 2.11 bits per heavy atom. The SMILES string of the molecule is COC1C=c2c(nc(CSC3CCNCC3)[nH]c2=O)=CC1=NCC1CCC1. The number of ether oxygens (including phenoxy) is 1. The number of methoxy groups -OCH3 is 1. The molecule has 4 rings (SSSR count). The van der Waals surface area contributed by atoms with Crippen molar-refractivity contribution in [2.75, 3.05) is 26.7 Å². The lowest BCUT2D eigenvalue weighted by Crippen LogP contribution is -2.49. The standard InChI is InChI=1S/C20H28N4O2S/c1-26-18-9-15-16(10-17(18)22-11-13-3-2-4-13)23-19(24-20(15)25)12-27-14-5-7-21-8-6-14/h9-10,13-14,18,21H,2-8,11-12H2,1H3,(H,23,24,25). The van der Waals surface area contributed by atoms with Gasteiger partial charge in [0, 0.05) is 18.9 Å². The summed E-state index contributed by atoms with van der Waals surface area (Å²) in [5.41, 5.74) is 0.796. The van der Waals surface area contributed by atoms with Crippen molar-refractivity contribution in [1.29, 1.82) is 0 Å². The highest BCUT2D eigenvalue weighted by Crippen LogP contribution is 2.26. The zero-order valence-corrected chi connectivity index (χ0v) is 16.7. The van der Waals surface area contributed by atoms with Crippen molar-refractivity contribution >= 4 is 29.6 Å². The van der Waals surface area contributed by atoms with Crippen molar-refractivity contribution in [3.8, 4) is 0 Å². The topological polar surface area (TPSA) is 79.4 Å². The van der Waals surface area contributed by atoms with Gasteiger partial charge in [0.1, 0.15) is 11.9 Å². The largest absolute Gasteiger partial charge is 0.371 e. The zero-order valence-electron chi connectivity index (χ0n) is 15.9. The number of nitrogens with zero attached hydrogens (tertiary/aromatic N) is 2. The quantitative estimate of drug-likeness (QED) is 0.746. The molecule has 2 fully saturated rings. The van der Waals surface area contributed by atoms with Gasteiger partial charge >= 0.3 is 0 Å². The lowest BCUT2D eigenvalue weighted by Gasteiger charge is -2.24. The first-order valence-electron chi connectivity index (χ1n) is 9.95. The van der Waals surface area contributed by atoms with Crippen LogP contribution < -0.4 is 21.4 Å². The molecule has 3 aliphatic rings. The average molecular weight is 389 g/mol. The summed E-state index contributed by atoms with van der Waals surface area (Å²) in [4.78, 5) is 25.0. The Labute approximate surface area is 163 Å². The number of rotatable bonds is 6. The summed E-state index contributed by atoms with van der Waals surface area (Å²) >= 11 is 1.89. The van der Waals surface area contributed by atoms with Gasteiger partial charge in [0.2, 0.25) is 0 Å². The molecular formula is C20H28N4O2S. The first-order chi connectivity index (χ1) is 13.2. The van der Waals surface area contributed by atoms with Gasteiger partial charge in [-0.1, -0.05) is 6.42 Å². The van der Waals surface area contributed by atoms with E-state index in [4.69, 9.17) is 14.7 Å². The molecular weight excluding hydrogens is 360 g/mol. The Hall–Kier alpha value is -1.44. The maximum Gasteiger partial charge on any atom is 0.258 e. The molecule has 2 aliphatic carbocycles. The molecule has 0 spiro atoms. The monoisotopic (exact) mass is 388 g/mol. The molecule has 1 saturated heterocycles. The summed E-state index contributed by atoms with van der Waals surface area (Å²) < 4.78 is 5.55. The van der Waals surface area contributed by atoms with Crippen LogP contribution in [0.25, 0.3) is 12.2 Å². The number of aliphatic imine (C=N–C) groups is 1. The number of aromatic amines is 1. The number of hydrogen-bond donors (Lipinski definition) is 2. The molecule has 2 heterocycles. The summed E-state index contributed by atoms with van der Waals surface area (Å²) in [5.74, 6) is 2.19. The smallest absolute Gasteiger partial charge is 0.258 e. The van der Waals surface area contributed by atoms with Gasteiger partial charge in [-0.05, 0) is 56.8 Å². The van der Waals surface area contributed by atoms with Gasteiger partial charge in [0.25, 0.3) is 5.56 Å². The van der Waals surface area contributed by atoms with E-state index in [1.807, 2.05) is 23.9 Å². The van der Waals surface area contributed by atoms with Crippen LogP contribution in [0.5, 0.6) is 0 Å². The molecule has 0 radical (unpaired) electrons. The highest BCUT2D eigenvalue weighted by atomic mass is 32.2. The lowest BCUT2D eigenvalue weighted by atomic mass is 9.85. The van der Waals surface area contributed by atoms with E-state index in [9.17, 15) is 4.79 Å². The second-order valence-electron chi connectivity index (χ2n) is 7.60. The van der Waals surface area contributed by atoms with Crippen molar-refractivity contribution in [2.45, 2.75) is 49.2 Å². The van der Waals surface area contributed by atoms with Crippen LogP contribution in [0.2, 0.25) is 0 Å². The van der Waals surface area contributed by atoms with Crippen molar-refractivity contribution in [3.63, 3.8) is 0 Å². The molecule has 6 nitrogen and oxygen atoms in total. The summed E-state index contributed by atoms with van der Waals surface area (Å²) in [5, 5.41) is 5.34. The zero-order chi connectivity index (χ0) is 18.6. The maximum absolute atomic E-state index is 12.6. The van der Waals surface area contributed by atoms with E-state index in [1.165, 1.54) is 32.1 Å². The van der Waals surface area contributed by atoms with Gasteiger partial charge in [-0.2, -0.15) is 11.8 Å². The van der Waals surface area contributed by atoms with Gasteiger partial charge in [0.15, 0.2) is 0 Å². The molecule has 0 bridgehead atoms. The van der Waals surface area contributed by atoms with E-state index in [0.29, 0.717) is 16.4 Å². The summed E-state index contributed by atoms with van der Waals surface area (Å²) in [6.45, 7) is 3.00. The Bertz CT molecular complexity index is 869. The van der Waals surface area contributed by atoms with Gasteiger partial charge in [-0.25, -0.2) is 4.98 Å². The van der Waals surface area contributed by atoms with Crippen LogP contribution >= 0.6 is 11.8 Å². The molecule has 2 N–H and O–H groups in total. The molecule has 7 heteroatoms. The third-order valence-corrected chi connectivity index (χ3v) is 7.06. The van der Waals surface area contributed by atoms with Crippen LogP contribution in [0.1, 0.15) is 37.9 Å². The number of nitrogens with one attached hydrogen (secondary N) is 2. The minimum Gasteiger partial charge on any atom is -0.371 e. The van der Waals surface area contributed by atoms with Gasteiger partial charge in [-0.15, -0.1) is 0 Å². The van der Waals surface area contributed by atoms with E-state index in [1.54, 1.807) is 7.11 Å². The van der Waals surface area contributed by atoms with Crippen LogP contribution in [0.15, 0.2) is 9.79 Å². The Morgan fingerprint density at radius 1 is 1.30 bits per heavy atom. The van der Waals surface area contributed by atoms with Crippen LogP contribution in [0.3, 0.4) is 0 Å². The predicted octanol–water partition coefficient (Wildman–Crippen LogP) is 0.586. The van der Waals surface area contributed by atoms with Crippen LogP contribution in [-0.2, 0) is 10.5 Å². The van der Waals surface area contributed by atoms with Gasteiger partial charge in [-0.3, -0.25) is 9.79 Å². The first kappa shape index (κ1) is 18.9. The average Bonchev–Trinajstić information content (AvgIpc) is 2.65. The molecule has 1 saturated carbocycles. The normalized spacial score (nSPS) is 24.8. The van der Waals surface area contributed by atoms with Crippen molar-refractivity contribution in [1.82, 2.24) is 15.3 Å². The van der Waals surface area contributed by atoms with Crippen molar-refractivity contribution in [3.05, 3.63) is 26.7 Å². The van der Waals surface area contributed by atoms with E-state index in [0.717, 1.165) is 42.3 Å². The molecule has 1 aliphatic heterocycles. The third-order valence-electron chi connectivity index (χ3n) is 5.68. The molecule has 146 valence electrons.